The van der Waals surface area contributed by atoms with Crippen molar-refractivity contribution < 1.29 is 4.79 Å². The lowest BCUT2D eigenvalue weighted by Gasteiger charge is -2.12. The normalized spacial score (nSPS) is 12.2. The Balaban J connectivity index is 2.58. The molecule has 0 saturated carbocycles. The van der Waals surface area contributed by atoms with Gasteiger partial charge >= 0.3 is 0 Å². The van der Waals surface area contributed by atoms with E-state index < -0.39 is 6.04 Å². The number of benzene rings is 1. The van der Waals surface area contributed by atoms with Crippen molar-refractivity contribution in [3.05, 3.63) is 26.2 Å². The molecule has 1 aromatic rings. The molecule has 5 heteroatoms. The van der Waals surface area contributed by atoms with Crippen molar-refractivity contribution >= 4 is 50.1 Å². The van der Waals surface area contributed by atoms with Crippen molar-refractivity contribution in [3.8, 4) is 0 Å². The molecule has 0 aliphatic rings. The number of hydrogen-bond donors (Lipinski definition) is 2. The van der Waals surface area contributed by atoms with Gasteiger partial charge in [-0.3, -0.25) is 4.79 Å². The van der Waals surface area contributed by atoms with Crippen LogP contribution in [0.25, 0.3) is 0 Å². The van der Waals surface area contributed by atoms with Crippen molar-refractivity contribution in [2.75, 3.05) is 5.32 Å². The Labute approximate surface area is 124 Å². The highest BCUT2D eigenvalue weighted by Crippen LogP contribution is 2.22. The van der Waals surface area contributed by atoms with Gasteiger partial charge in [0, 0.05) is 13.7 Å². The Hall–Kier alpha value is -0.140. The summed E-state index contributed by atoms with van der Waals surface area (Å²) in [6.45, 7) is 2.09. The molecule has 3 nitrogen and oxygen atoms in total. The molecule has 1 amide bonds. The van der Waals surface area contributed by atoms with Crippen molar-refractivity contribution in [1.29, 1.82) is 0 Å². The van der Waals surface area contributed by atoms with E-state index in [0.717, 1.165) is 33.0 Å². The second-order valence-corrected chi connectivity index (χ2v) is 5.88. The topological polar surface area (TPSA) is 55.1 Å². The van der Waals surface area contributed by atoms with Crippen molar-refractivity contribution in [2.24, 2.45) is 5.73 Å². The van der Waals surface area contributed by atoms with Gasteiger partial charge in [0.1, 0.15) is 0 Å². The van der Waals surface area contributed by atoms with Crippen LogP contribution in [0.15, 0.2) is 22.7 Å². The van der Waals surface area contributed by atoms with E-state index in [1.165, 1.54) is 0 Å². The van der Waals surface area contributed by atoms with E-state index in [1.807, 2.05) is 18.2 Å². The average molecular weight is 411 g/mol. The van der Waals surface area contributed by atoms with E-state index in [4.69, 9.17) is 5.73 Å². The fourth-order valence-electron chi connectivity index (χ4n) is 1.36. The van der Waals surface area contributed by atoms with Crippen LogP contribution in [0.2, 0.25) is 0 Å². The zero-order valence-corrected chi connectivity index (χ0v) is 13.4. The van der Waals surface area contributed by atoms with Gasteiger partial charge in [0.15, 0.2) is 0 Å². The zero-order chi connectivity index (χ0) is 12.8. The maximum absolute atomic E-state index is 11.8. The largest absolute Gasteiger partial charge is 0.325 e. The van der Waals surface area contributed by atoms with Gasteiger partial charge in [-0.05, 0) is 63.1 Å². The van der Waals surface area contributed by atoms with Crippen LogP contribution >= 0.6 is 38.5 Å². The second-order valence-electron chi connectivity index (χ2n) is 3.87. The minimum atomic E-state index is -0.420. The van der Waals surface area contributed by atoms with Crippen LogP contribution in [0.3, 0.4) is 0 Å². The van der Waals surface area contributed by atoms with Crippen LogP contribution in [0, 0.1) is 3.57 Å². The fraction of sp³-hybridized carbons (Fsp3) is 0.417. The number of carbonyl (C=O) groups excluding carboxylic acids is 1. The molecule has 1 atom stereocenters. The molecular weight excluding hydrogens is 395 g/mol. The number of unbranched alkanes of at least 4 members (excludes halogenated alkanes) is 1. The van der Waals surface area contributed by atoms with Gasteiger partial charge in [0.05, 0.1) is 6.04 Å². The summed E-state index contributed by atoms with van der Waals surface area (Å²) >= 11 is 5.62. The summed E-state index contributed by atoms with van der Waals surface area (Å²) in [6.07, 6.45) is 2.76. The third kappa shape index (κ3) is 4.93. The van der Waals surface area contributed by atoms with Crippen LogP contribution < -0.4 is 11.1 Å². The van der Waals surface area contributed by atoms with Gasteiger partial charge in [-0.15, -0.1) is 0 Å². The molecule has 0 aliphatic heterocycles. The van der Waals surface area contributed by atoms with Crippen molar-refractivity contribution in [1.82, 2.24) is 0 Å². The third-order valence-corrected chi connectivity index (χ3v) is 4.72. The van der Waals surface area contributed by atoms with Gasteiger partial charge < -0.3 is 11.1 Å². The van der Waals surface area contributed by atoms with Crippen molar-refractivity contribution in [3.63, 3.8) is 0 Å². The lowest BCUT2D eigenvalue weighted by Crippen LogP contribution is -2.35. The highest BCUT2D eigenvalue weighted by Gasteiger charge is 2.13. The zero-order valence-electron chi connectivity index (χ0n) is 9.67. The minimum absolute atomic E-state index is 0.114. The summed E-state index contributed by atoms with van der Waals surface area (Å²) < 4.78 is 2.08. The SMILES string of the molecule is CCCC[C@H](N)C(=O)Nc1ccc(Br)c(I)c1. The molecule has 1 rings (SSSR count). The number of hydrogen-bond acceptors (Lipinski definition) is 2. The van der Waals surface area contributed by atoms with Gasteiger partial charge in [-0.2, -0.15) is 0 Å². The summed E-state index contributed by atoms with van der Waals surface area (Å²) in [5.41, 5.74) is 6.58. The lowest BCUT2D eigenvalue weighted by atomic mass is 10.1. The molecule has 0 unspecified atom stereocenters. The Bertz CT molecular complexity index is 398. The quantitative estimate of drug-likeness (QED) is 0.729. The molecule has 1 aromatic carbocycles. The number of anilines is 1. The van der Waals surface area contributed by atoms with Gasteiger partial charge in [-0.1, -0.05) is 19.8 Å². The first-order valence-corrected chi connectivity index (χ1v) is 7.43. The molecule has 0 fully saturated rings. The van der Waals surface area contributed by atoms with E-state index in [9.17, 15) is 4.79 Å². The number of nitrogens with two attached hydrogens (primary N) is 1. The van der Waals surface area contributed by atoms with Gasteiger partial charge in [-0.25, -0.2) is 0 Å². The maximum atomic E-state index is 11.8. The van der Waals surface area contributed by atoms with E-state index in [0.29, 0.717) is 0 Å². The molecule has 94 valence electrons. The molecule has 0 aromatic heterocycles. The summed E-state index contributed by atoms with van der Waals surface area (Å²) in [6, 6.07) is 5.26. The van der Waals surface area contributed by atoms with Crippen LogP contribution in [0.1, 0.15) is 26.2 Å². The standard InChI is InChI=1S/C12H16BrIN2O/c1-2-3-4-11(15)12(17)16-8-5-6-9(13)10(14)7-8/h5-7,11H,2-4,15H2,1H3,(H,16,17)/t11-/m0/s1. The van der Waals surface area contributed by atoms with Gasteiger partial charge in [0.25, 0.3) is 0 Å². The fourth-order valence-corrected chi connectivity index (χ4v) is 2.13. The number of amides is 1. The first-order valence-electron chi connectivity index (χ1n) is 5.56. The van der Waals surface area contributed by atoms with E-state index in [1.54, 1.807) is 0 Å². The highest BCUT2D eigenvalue weighted by molar-refractivity contribution is 14.1. The molecule has 3 N–H and O–H groups in total. The second kappa shape index (κ2) is 7.33. The number of nitrogens with one attached hydrogen (secondary N) is 1. The maximum Gasteiger partial charge on any atom is 0.241 e. The Morgan fingerprint density at radius 1 is 1.59 bits per heavy atom. The summed E-state index contributed by atoms with van der Waals surface area (Å²) in [4.78, 5) is 11.8. The smallest absolute Gasteiger partial charge is 0.241 e. The highest BCUT2D eigenvalue weighted by atomic mass is 127. The van der Waals surface area contributed by atoms with Gasteiger partial charge in [0.2, 0.25) is 5.91 Å². The van der Waals surface area contributed by atoms with Crippen LogP contribution in [-0.2, 0) is 4.79 Å². The number of carbonyl (C=O) groups is 1. The predicted molar refractivity (Wildman–Crippen MR) is 83.0 cm³/mol. The monoisotopic (exact) mass is 410 g/mol. The van der Waals surface area contributed by atoms with Crippen LogP contribution in [0.5, 0.6) is 0 Å². The Morgan fingerprint density at radius 2 is 2.29 bits per heavy atom. The van der Waals surface area contributed by atoms with E-state index in [2.05, 4.69) is 50.8 Å². The summed E-state index contributed by atoms with van der Waals surface area (Å²) in [5, 5.41) is 2.83. The molecule has 0 saturated heterocycles. The average Bonchev–Trinajstić information content (AvgIpc) is 2.30. The number of rotatable bonds is 5. The summed E-state index contributed by atoms with van der Waals surface area (Å²) in [5.74, 6) is -0.114. The molecular formula is C12H16BrIN2O. The molecule has 17 heavy (non-hydrogen) atoms. The third-order valence-electron chi connectivity index (χ3n) is 2.39. The molecule has 0 bridgehead atoms. The molecule has 0 heterocycles. The van der Waals surface area contributed by atoms with E-state index in [-0.39, 0.29) is 5.91 Å². The molecule has 0 radical (unpaired) electrons. The lowest BCUT2D eigenvalue weighted by molar-refractivity contribution is -0.117. The Morgan fingerprint density at radius 3 is 2.88 bits per heavy atom. The predicted octanol–water partition coefficient (Wildman–Crippen LogP) is 3.51. The van der Waals surface area contributed by atoms with Crippen LogP contribution in [0.4, 0.5) is 5.69 Å². The van der Waals surface area contributed by atoms with Crippen LogP contribution in [-0.4, -0.2) is 11.9 Å². The first-order chi connectivity index (χ1) is 8.04. The molecule has 0 aliphatic carbocycles. The summed E-state index contributed by atoms with van der Waals surface area (Å²) in [7, 11) is 0. The molecule has 0 spiro atoms. The Kier molecular flexibility index (Phi) is 6.43. The van der Waals surface area contributed by atoms with Crippen molar-refractivity contribution in [2.45, 2.75) is 32.2 Å². The number of halogens is 2. The minimum Gasteiger partial charge on any atom is -0.325 e. The first kappa shape index (κ1) is 14.9. The van der Waals surface area contributed by atoms with E-state index >= 15 is 0 Å².